The molecular weight excluding hydrogens is 307 g/mol. The zero-order chi connectivity index (χ0) is 15.7. The van der Waals surface area contributed by atoms with Gasteiger partial charge in [0.25, 0.3) is 0 Å². The lowest BCUT2D eigenvalue weighted by molar-refractivity contribution is -0.479. The van der Waals surface area contributed by atoms with E-state index in [9.17, 15) is 14.5 Å². The summed E-state index contributed by atoms with van der Waals surface area (Å²) in [5, 5.41) is 12.1. The molecule has 0 bridgehead atoms. The Morgan fingerprint density at radius 3 is 2.59 bits per heavy atom. The van der Waals surface area contributed by atoms with Crippen LogP contribution in [0, 0.1) is 15.9 Å². The van der Waals surface area contributed by atoms with E-state index in [1.165, 1.54) is 12.1 Å². The van der Waals surface area contributed by atoms with Crippen molar-refractivity contribution in [2.75, 3.05) is 6.54 Å². The number of halogens is 2. The third kappa shape index (κ3) is 2.80. The topological polar surface area (TPSA) is 58.9 Å². The van der Waals surface area contributed by atoms with E-state index in [0.29, 0.717) is 5.02 Å². The maximum atomic E-state index is 13.1. The number of hydrogen-bond donors (Lipinski definition) is 1. The zero-order valence-electron chi connectivity index (χ0n) is 11.5. The standard InChI is InChI=1S/C16H12ClFN2O2/c17-11-3-6-15-14(9-11)13(7-8-20(21)22)16(19-15)10-1-4-12(18)5-2-10/h1-6,9,19H,7-8H2. The summed E-state index contributed by atoms with van der Waals surface area (Å²) in [6, 6.07) is 11.4. The molecule has 3 aromatic rings. The first-order valence-corrected chi connectivity index (χ1v) is 7.10. The summed E-state index contributed by atoms with van der Waals surface area (Å²) in [5.41, 5.74) is 3.22. The van der Waals surface area contributed by atoms with Gasteiger partial charge in [0.05, 0.1) is 0 Å². The Balaban J connectivity index is 2.16. The second kappa shape index (κ2) is 5.77. The lowest BCUT2D eigenvalue weighted by atomic mass is 10.0. The minimum absolute atomic E-state index is 0.173. The molecule has 6 heteroatoms. The SMILES string of the molecule is O=[N+]([O-])CCc1c(-c2ccc(F)cc2)[nH]c2ccc(Cl)cc12. The molecule has 0 saturated heterocycles. The van der Waals surface area contributed by atoms with Crippen LogP contribution < -0.4 is 0 Å². The van der Waals surface area contributed by atoms with Crippen LogP contribution in [0.25, 0.3) is 22.2 Å². The van der Waals surface area contributed by atoms with E-state index in [2.05, 4.69) is 4.98 Å². The molecule has 1 heterocycles. The van der Waals surface area contributed by atoms with Crippen LogP contribution in [-0.2, 0) is 6.42 Å². The molecule has 0 atom stereocenters. The van der Waals surface area contributed by atoms with Crippen molar-refractivity contribution < 1.29 is 9.31 Å². The van der Waals surface area contributed by atoms with Gasteiger partial charge < -0.3 is 4.98 Å². The molecule has 0 aliphatic rings. The average molecular weight is 319 g/mol. The number of nitro groups is 1. The van der Waals surface area contributed by atoms with Gasteiger partial charge in [-0.15, -0.1) is 0 Å². The highest BCUT2D eigenvalue weighted by Crippen LogP contribution is 2.32. The van der Waals surface area contributed by atoms with E-state index in [4.69, 9.17) is 11.6 Å². The molecule has 0 fully saturated rings. The molecule has 0 spiro atoms. The lowest BCUT2D eigenvalue weighted by Crippen LogP contribution is -2.04. The molecule has 22 heavy (non-hydrogen) atoms. The molecular formula is C16H12ClFN2O2. The highest BCUT2D eigenvalue weighted by atomic mass is 35.5. The molecule has 112 valence electrons. The fraction of sp³-hybridized carbons (Fsp3) is 0.125. The van der Waals surface area contributed by atoms with Crippen LogP contribution in [0.15, 0.2) is 42.5 Å². The molecule has 1 aromatic heterocycles. The number of nitrogens with zero attached hydrogens (tertiary/aromatic N) is 1. The van der Waals surface area contributed by atoms with Crippen LogP contribution in [0.4, 0.5) is 4.39 Å². The second-order valence-electron chi connectivity index (χ2n) is 4.98. The van der Waals surface area contributed by atoms with Crippen LogP contribution in [0.5, 0.6) is 0 Å². The van der Waals surface area contributed by atoms with E-state index in [-0.39, 0.29) is 23.7 Å². The highest BCUT2D eigenvalue weighted by molar-refractivity contribution is 6.31. The molecule has 2 aromatic carbocycles. The summed E-state index contributed by atoms with van der Waals surface area (Å²) in [6.07, 6.45) is 0.278. The number of hydrogen-bond acceptors (Lipinski definition) is 2. The number of benzene rings is 2. The first-order valence-electron chi connectivity index (χ1n) is 6.72. The van der Waals surface area contributed by atoms with Crippen molar-refractivity contribution in [1.29, 1.82) is 0 Å². The van der Waals surface area contributed by atoms with Crippen molar-refractivity contribution >= 4 is 22.5 Å². The Bertz CT molecular complexity index is 843. The third-order valence-electron chi connectivity index (χ3n) is 3.55. The monoisotopic (exact) mass is 318 g/mol. The molecule has 0 radical (unpaired) electrons. The number of aromatic amines is 1. The van der Waals surface area contributed by atoms with Gasteiger partial charge in [-0.05, 0) is 53.6 Å². The maximum Gasteiger partial charge on any atom is 0.208 e. The number of rotatable bonds is 4. The maximum absolute atomic E-state index is 13.1. The van der Waals surface area contributed by atoms with Crippen LogP contribution in [0.2, 0.25) is 5.02 Å². The largest absolute Gasteiger partial charge is 0.354 e. The predicted octanol–water partition coefficient (Wildman–Crippen LogP) is 4.45. The minimum Gasteiger partial charge on any atom is -0.354 e. The quantitative estimate of drug-likeness (QED) is 0.571. The van der Waals surface area contributed by atoms with E-state index >= 15 is 0 Å². The molecule has 4 nitrogen and oxygen atoms in total. The molecule has 1 N–H and O–H groups in total. The summed E-state index contributed by atoms with van der Waals surface area (Å²) in [6.45, 7) is -0.173. The van der Waals surface area contributed by atoms with Crippen molar-refractivity contribution in [1.82, 2.24) is 4.98 Å². The van der Waals surface area contributed by atoms with Gasteiger partial charge in [-0.2, -0.15) is 0 Å². The zero-order valence-corrected chi connectivity index (χ0v) is 12.2. The van der Waals surface area contributed by atoms with Gasteiger partial charge in [-0.25, -0.2) is 4.39 Å². The van der Waals surface area contributed by atoms with Crippen molar-refractivity contribution in [2.24, 2.45) is 0 Å². The van der Waals surface area contributed by atoms with Gasteiger partial charge >= 0.3 is 0 Å². The van der Waals surface area contributed by atoms with Crippen molar-refractivity contribution in [2.45, 2.75) is 6.42 Å². The number of H-pyrrole nitrogens is 1. The summed E-state index contributed by atoms with van der Waals surface area (Å²) < 4.78 is 13.1. The van der Waals surface area contributed by atoms with E-state index in [1.54, 1.807) is 24.3 Å². The summed E-state index contributed by atoms with van der Waals surface area (Å²) in [5.74, 6) is -0.324. The number of aromatic nitrogens is 1. The van der Waals surface area contributed by atoms with Crippen molar-refractivity contribution in [3.8, 4) is 11.3 Å². The Kier molecular flexibility index (Phi) is 3.81. The van der Waals surface area contributed by atoms with Gasteiger partial charge in [0.1, 0.15) is 5.82 Å². The molecule has 0 aliphatic carbocycles. The predicted molar refractivity (Wildman–Crippen MR) is 84.3 cm³/mol. The van der Waals surface area contributed by atoms with Crippen LogP contribution >= 0.6 is 11.6 Å². The second-order valence-corrected chi connectivity index (χ2v) is 5.42. The Labute approximate surface area is 130 Å². The molecule has 3 rings (SSSR count). The Morgan fingerprint density at radius 1 is 1.18 bits per heavy atom. The van der Waals surface area contributed by atoms with Crippen LogP contribution in [0.1, 0.15) is 5.56 Å². The Hall–Kier alpha value is -2.40. The number of fused-ring (bicyclic) bond motifs is 1. The van der Waals surface area contributed by atoms with Crippen LogP contribution in [0.3, 0.4) is 0 Å². The van der Waals surface area contributed by atoms with Gasteiger partial charge in [-0.1, -0.05) is 11.6 Å². The fourth-order valence-corrected chi connectivity index (χ4v) is 2.72. The minimum atomic E-state index is -0.349. The van der Waals surface area contributed by atoms with Gasteiger partial charge in [-0.3, -0.25) is 10.1 Å². The molecule has 0 unspecified atom stereocenters. The molecule has 0 saturated carbocycles. The lowest BCUT2D eigenvalue weighted by Gasteiger charge is -2.03. The van der Waals surface area contributed by atoms with E-state index < -0.39 is 0 Å². The first-order chi connectivity index (χ1) is 10.5. The van der Waals surface area contributed by atoms with Gasteiger partial charge in [0, 0.05) is 33.0 Å². The summed E-state index contributed by atoms with van der Waals surface area (Å²) in [7, 11) is 0. The summed E-state index contributed by atoms with van der Waals surface area (Å²) in [4.78, 5) is 13.6. The van der Waals surface area contributed by atoms with Gasteiger partial charge in [0.2, 0.25) is 6.54 Å². The van der Waals surface area contributed by atoms with Gasteiger partial charge in [0.15, 0.2) is 0 Å². The fourth-order valence-electron chi connectivity index (χ4n) is 2.55. The molecule has 0 amide bonds. The smallest absolute Gasteiger partial charge is 0.208 e. The number of nitrogens with one attached hydrogen (secondary N) is 1. The van der Waals surface area contributed by atoms with Crippen LogP contribution in [-0.4, -0.2) is 16.5 Å². The van der Waals surface area contributed by atoms with Crippen molar-refractivity contribution in [3.63, 3.8) is 0 Å². The normalized spacial score (nSPS) is 11.0. The van der Waals surface area contributed by atoms with E-state index in [0.717, 1.165) is 27.7 Å². The van der Waals surface area contributed by atoms with Crippen molar-refractivity contribution in [3.05, 3.63) is 69.0 Å². The van der Waals surface area contributed by atoms with E-state index in [1.807, 2.05) is 6.07 Å². The highest BCUT2D eigenvalue weighted by Gasteiger charge is 2.15. The Morgan fingerprint density at radius 2 is 1.91 bits per heavy atom. The summed E-state index contributed by atoms with van der Waals surface area (Å²) >= 11 is 6.03. The first kappa shape index (κ1) is 14.5. The molecule has 0 aliphatic heterocycles. The third-order valence-corrected chi connectivity index (χ3v) is 3.78. The average Bonchev–Trinajstić information content (AvgIpc) is 2.83.